The van der Waals surface area contributed by atoms with Gasteiger partial charge in [-0.25, -0.2) is 0 Å². The lowest BCUT2D eigenvalue weighted by atomic mass is 10.0. The van der Waals surface area contributed by atoms with Crippen LogP contribution in [0.15, 0.2) is 0 Å². The van der Waals surface area contributed by atoms with Crippen LogP contribution in [0.4, 0.5) is 0 Å². The molecule has 0 aromatic rings. The third-order valence-corrected chi connectivity index (χ3v) is 8.80. The molecule has 0 amide bonds. The lowest BCUT2D eigenvalue weighted by Gasteiger charge is -2.28. The minimum absolute atomic E-state index is 0.178. The summed E-state index contributed by atoms with van der Waals surface area (Å²) >= 11 is 0. The second kappa shape index (κ2) is 28.8. The Labute approximate surface area is 253 Å². The van der Waals surface area contributed by atoms with Crippen LogP contribution in [0.2, 0.25) is 0 Å². The smallest absolute Gasteiger partial charge is 0.178 e. The molecule has 0 aromatic carbocycles. The third-order valence-electron chi connectivity index (χ3n) is 7.92. The number of quaternary nitrogens is 1. The maximum absolute atomic E-state index is 12.9. The first kappa shape index (κ1) is 39.7. The van der Waals surface area contributed by atoms with E-state index in [2.05, 4.69) is 35.0 Å². The highest BCUT2D eigenvalue weighted by Crippen LogP contribution is 2.23. The van der Waals surface area contributed by atoms with E-state index in [0.717, 1.165) is 25.7 Å². The molecule has 0 spiro atoms. The molecule has 0 N–H and O–H groups in total. The van der Waals surface area contributed by atoms with Gasteiger partial charge in [0, 0.05) is 12.8 Å². The first-order valence-electron chi connectivity index (χ1n) is 17.6. The van der Waals surface area contributed by atoms with Gasteiger partial charge in [0.2, 0.25) is 0 Å². The van der Waals surface area contributed by atoms with Crippen LogP contribution < -0.4 is 0 Å². The van der Waals surface area contributed by atoms with Crippen molar-refractivity contribution in [2.24, 2.45) is 0 Å². The van der Waals surface area contributed by atoms with Gasteiger partial charge in [0.15, 0.2) is 17.4 Å². The summed E-state index contributed by atoms with van der Waals surface area (Å²) in [5.41, 5.74) is 0.178. The van der Waals surface area contributed by atoms with Gasteiger partial charge in [0.05, 0.1) is 30.0 Å². The molecule has 0 heterocycles. The molecule has 0 saturated carbocycles. The second-order valence-electron chi connectivity index (χ2n) is 13.3. The van der Waals surface area contributed by atoms with Crippen LogP contribution in [0.1, 0.15) is 181 Å². The zero-order valence-electron chi connectivity index (χ0n) is 27.8. The highest BCUT2D eigenvalue weighted by molar-refractivity contribution is 7.53. The minimum Gasteiger partial charge on any atom is -0.338 e. The van der Waals surface area contributed by atoms with Crippen LogP contribution in [0, 0.1) is 0 Å². The summed E-state index contributed by atoms with van der Waals surface area (Å²) in [5, 5.41) is 0. The van der Waals surface area contributed by atoms with Crippen molar-refractivity contribution < 1.29 is 18.6 Å². The molecule has 2 atom stereocenters. The minimum atomic E-state index is -0.447. The summed E-state index contributed by atoms with van der Waals surface area (Å²) < 4.78 is 6.64. The van der Waals surface area contributed by atoms with Crippen LogP contribution in [0.25, 0.3) is 0 Å². The van der Waals surface area contributed by atoms with Crippen molar-refractivity contribution in [3.63, 3.8) is 0 Å². The number of carbonyl (C=O) groups is 2. The summed E-state index contributed by atoms with van der Waals surface area (Å²) in [5.74, 6) is 0.185. The number of nitrogens with zero attached hydrogens (tertiary/aromatic N) is 1. The van der Waals surface area contributed by atoms with E-state index < -0.39 is 6.10 Å². The molecule has 2 unspecified atom stereocenters. The Morgan fingerprint density at radius 1 is 0.525 bits per heavy atom. The van der Waals surface area contributed by atoms with Gasteiger partial charge in [-0.3, -0.25) is 9.59 Å². The molecule has 0 fully saturated rings. The fourth-order valence-corrected chi connectivity index (χ4v) is 6.08. The van der Waals surface area contributed by atoms with E-state index in [9.17, 15) is 9.59 Å². The van der Waals surface area contributed by atoms with Crippen molar-refractivity contribution in [1.82, 2.24) is 0 Å². The third kappa shape index (κ3) is 29.2. The Hall–Kier alpha value is -0.310. The number of carbonyl (C=O) groups excluding carboxylic acids is 2. The van der Waals surface area contributed by atoms with Crippen molar-refractivity contribution in [3.8, 4) is 0 Å². The highest BCUT2D eigenvalue weighted by Gasteiger charge is 2.26. The number of ketones is 1. The van der Waals surface area contributed by atoms with Crippen molar-refractivity contribution in [1.29, 1.82) is 0 Å². The van der Waals surface area contributed by atoms with Gasteiger partial charge in [0.25, 0.3) is 0 Å². The van der Waals surface area contributed by atoms with Crippen molar-refractivity contribution in [2.45, 2.75) is 187 Å². The molecule has 0 aliphatic carbocycles. The molecular formula is C35H71NO3P+. The van der Waals surface area contributed by atoms with Crippen LogP contribution in [0.3, 0.4) is 0 Å². The Morgan fingerprint density at radius 2 is 0.850 bits per heavy atom. The molecule has 5 heteroatoms. The van der Waals surface area contributed by atoms with E-state index in [1.165, 1.54) is 128 Å². The highest BCUT2D eigenvalue weighted by atomic mass is 31.1. The van der Waals surface area contributed by atoms with E-state index >= 15 is 0 Å². The van der Waals surface area contributed by atoms with Gasteiger partial charge in [-0.1, -0.05) is 155 Å². The van der Waals surface area contributed by atoms with E-state index in [-0.39, 0.29) is 20.1 Å². The Balaban J connectivity index is 3.91. The molecule has 0 bridgehead atoms. The van der Waals surface area contributed by atoms with Crippen molar-refractivity contribution in [3.05, 3.63) is 0 Å². The Kier molecular flexibility index (Phi) is 28.6. The average Bonchev–Trinajstić information content (AvgIpc) is 2.91. The lowest BCUT2D eigenvalue weighted by Crippen LogP contribution is -2.44. The maximum Gasteiger partial charge on any atom is 0.178 e. The summed E-state index contributed by atoms with van der Waals surface area (Å²) in [6, 6.07) is 0. The summed E-state index contributed by atoms with van der Waals surface area (Å²) in [6.07, 6.45) is 31.9. The number of hydrogen-bond acceptors (Lipinski definition) is 3. The monoisotopic (exact) mass is 585 g/mol. The normalized spacial score (nSPS) is 12.9. The second-order valence-corrected chi connectivity index (χ2v) is 14.3. The number of likely N-dealkylation sites (N-methyl/N-ethyl adjacent to an activating group) is 1. The molecule has 0 aliphatic rings. The summed E-state index contributed by atoms with van der Waals surface area (Å²) in [6.45, 7) is 5.18. The molecule has 0 aromatic heterocycles. The number of hydrogen-bond donors (Lipinski definition) is 0. The lowest BCUT2D eigenvalue weighted by molar-refractivity contribution is -0.872. The van der Waals surface area contributed by atoms with Crippen molar-refractivity contribution in [2.75, 3.05) is 27.7 Å². The predicted octanol–water partition coefficient (Wildman–Crippen LogP) is 10.9. The Morgan fingerprint density at radius 3 is 1.20 bits per heavy atom. The molecular weight excluding hydrogens is 513 g/mol. The molecule has 0 rings (SSSR count). The van der Waals surface area contributed by atoms with E-state index in [1.807, 2.05) is 0 Å². The van der Waals surface area contributed by atoms with E-state index in [1.54, 1.807) is 0 Å². The summed E-state index contributed by atoms with van der Waals surface area (Å²) in [7, 11) is 6.07. The molecule has 0 radical (unpaired) electrons. The van der Waals surface area contributed by atoms with Crippen LogP contribution >= 0.6 is 8.81 Å². The topological polar surface area (TPSA) is 43.4 Å². The number of rotatable bonds is 32. The number of unbranched alkanes of at least 4 members (excludes halogenated alkanes) is 22. The first-order valence-corrected chi connectivity index (χ1v) is 18.5. The van der Waals surface area contributed by atoms with Gasteiger partial charge in [0.1, 0.15) is 6.54 Å². The summed E-state index contributed by atoms with van der Waals surface area (Å²) in [4.78, 5) is 25.4. The van der Waals surface area contributed by atoms with Crippen LogP contribution in [0.5, 0.6) is 0 Å². The molecule has 238 valence electrons. The van der Waals surface area contributed by atoms with Crippen LogP contribution in [-0.2, 0) is 14.1 Å². The zero-order chi connectivity index (χ0) is 29.7. The van der Waals surface area contributed by atoms with Gasteiger partial charge >= 0.3 is 0 Å². The van der Waals surface area contributed by atoms with Crippen molar-refractivity contribution >= 4 is 20.1 Å². The molecule has 40 heavy (non-hydrogen) atoms. The SMILES string of the molecule is CCCCCCCCCCCCCCCC(=O)POC(C[N+](C)(C)C)C(=O)CCCCCCCCCCCCC. The standard InChI is InChI=1S/C35H71NO3P/c1-6-8-10-12-14-16-18-19-21-23-25-27-29-31-35(38)40-39-34(32-36(3,4)5)33(37)30-28-26-24-22-20-17-15-13-11-9-7-2/h34,40H,6-32H2,1-5H3/q+1. The molecule has 0 aliphatic heterocycles. The van der Waals surface area contributed by atoms with Gasteiger partial charge in [-0.15, -0.1) is 0 Å². The fourth-order valence-electron chi connectivity index (χ4n) is 5.32. The predicted molar refractivity (Wildman–Crippen MR) is 177 cm³/mol. The van der Waals surface area contributed by atoms with E-state index in [0.29, 0.717) is 23.9 Å². The van der Waals surface area contributed by atoms with Gasteiger partial charge in [-0.2, -0.15) is 0 Å². The van der Waals surface area contributed by atoms with Gasteiger partial charge < -0.3 is 9.01 Å². The fraction of sp³-hybridized carbons (Fsp3) is 0.943. The van der Waals surface area contributed by atoms with E-state index in [4.69, 9.17) is 4.52 Å². The number of Topliss-reactive ketones (excluding diaryl/α,β-unsaturated/α-hetero) is 1. The average molecular weight is 585 g/mol. The largest absolute Gasteiger partial charge is 0.338 e. The first-order chi connectivity index (χ1) is 19.3. The molecule has 4 nitrogen and oxygen atoms in total. The zero-order valence-corrected chi connectivity index (χ0v) is 28.8. The molecule has 0 saturated heterocycles. The van der Waals surface area contributed by atoms with Gasteiger partial charge in [-0.05, 0) is 12.8 Å². The maximum atomic E-state index is 12.9. The van der Waals surface area contributed by atoms with Crippen LogP contribution in [-0.4, -0.2) is 49.6 Å². The Bertz CT molecular complexity index is 575. The quantitative estimate of drug-likeness (QED) is 0.0449.